The Kier molecular flexibility index (Phi) is 7.74. The number of carbonyl (C=O) groups is 1. The van der Waals surface area contributed by atoms with Crippen LogP contribution in [-0.4, -0.2) is 56.4 Å². The molecule has 2 saturated heterocycles. The molecule has 0 bridgehead atoms. The maximum Gasteiger partial charge on any atom is 0.523 e. The number of benzene rings is 2. The Hall–Kier alpha value is -2.16. The van der Waals surface area contributed by atoms with E-state index in [1.165, 1.54) is 0 Å². The zero-order chi connectivity index (χ0) is 25.2. The van der Waals surface area contributed by atoms with Crippen molar-refractivity contribution in [2.24, 2.45) is 0 Å². The Morgan fingerprint density at radius 2 is 1.63 bits per heavy atom. The zero-order valence-corrected chi connectivity index (χ0v) is 19.8. The van der Waals surface area contributed by atoms with Gasteiger partial charge in [0.25, 0.3) is 0 Å². The molecule has 2 heterocycles. The van der Waals surface area contributed by atoms with Gasteiger partial charge in [-0.05, 0) is 12.1 Å². The fraction of sp³-hybridized carbons (Fsp3) is 0.409. The Morgan fingerprint density at radius 3 is 2.23 bits per heavy atom. The second-order valence-electron chi connectivity index (χ2n) is 7.69. The summed E-state index contributed by atoms with van der Waals surface area (Å²) in [5.74, 6) is -0.861. The molecule has 6 atom stereocenters. The highest BCUT2D eigenvalue weighted by molar-refractivity contribution is 7.99. The second kappa shape index (κ2) is 10.4. The van der Waals surface area contributed by atoms with Gasteiger partial charge in [-0.25, -0.2) is 0 Å². The molecule has 4 rings (SSSR count). The van der Waals surface area contributed by atoms with E-state index in [1.54, 1.807) is 60.7 Å². The van der Waals surface area contributed by atoms with Gasteiger partial charge in [0, 0.05) is 17.4 Å². The maximum absolute atomic E-state index is 13.3. The van der Waals surface area contributed by atoms with Gasteiger partial charge in [-0.2, -0.15) is 21.6 Å². The molecular weight excluding hydrogens is 513 g/mol. The smallest absolute Gasteiger partial charge is 0.456 e. The number of esters is 1. The Labute approximate surface area is 203 Å². The van der Waals surface area contributed by atoms with Gasteiger partial charge in [0.1, 0.15) is 23.7 Å². The van der Waals surface area contributed by atoms with Gasteiger partial charge in [0.15, 0.2) is 12.4 Å². The normalized spacial score (nSPS) is 29.3. The molecule has 35 heavy (non-hydrogen) atoms. The molecule has 2 fully saturated rings. The highest BCUT2D eigenvalue weighted by Crippen LogP contribution is 2.42. The average Bonchev–Trinajstić information content (AvgIpc) is 2.81. The molecule has 0 N–H and O–H groups in total. The van der Waals surface area contributed by atoms with Crippen LogP contribution >= 0.6 is 11.8 Å². The summed E-state index contributed by atoms with van der Waals surface area (Å²) < 4.78 is 91.3. The third-order valence-corrected chi connectivity index (χ3v) is 7.37. The van der Waals surface area contributed by atoms with Crippen molar-refractivity contribution < 1.29 is 49.5 Å². The van der Waals surface area contributed by atoms with E-state index in [9.17, 15) is 26.4 Å². The Balaban J connectivity index is 1.70. The van der Waals surface area contributed by atoms with Crippen LogP contribution in [0.15, 0.2) is 65.6 Å². The number of hydrogen-bond donors (Lipinski definition) is 0. The molecule has 190 valence electrons. The van der Waals surface area contributed by atoms with Crippen LogP contribution in [0.4, 0.5) is 13.2 Å². The lowest BCUT2D eigenvalue weighted by Gasteiger charge is -2.48. The van der Waals surface area contributed by atoms with Gasteiger partial charge < -0.3 is 18.9 Å². The topological polar surface area (TPSA) is 97.4 Å². The largest absolute Gasteiger partial charge is 0.523 e. The third kappa shape index (κ3) is 5.98. The minimum absolute atomic E-state index is 0.130. The van der Waals surface area contributed by atoms with Crippen molar-refractivity contribution in [1.82, 2.24) is 0 Å². The molecule has 0 aromatic heterocycles. The number of alkyl halides is 3. The van der Waals surface area contributed by atoms with Crippen molar-refractivity contribution in [2.45, 2.75) is 53.5 Å². The molecule has 2 aliphatic heterocycles. The van der Waals surface area contributed by atoms with E-state index >= 15 is 0 Å². The van der Waals surface area contributed by atoms with Crippen LogP contribution in [0.2, 0.25) is 0 Å². The number of thioether (sulfide) groups is 1. The molecular formula is C22H21F3O8S2. The minimum atomic E-state index is -6.07. The van der Waals surface area contributed by atoms with Crippen molar-refractivity contribution in [2.75, 3.05) is 6.61 Å². The van der Waals surface area contributed by atoms with Crippen LogP contribution in [-0.2, 0) is 38.0 Å². The van der Waals surface area contributed by atoms with Crippen LogP contribution in [0.5, 0.6) is 0 Å². The van der Waals surface area contributed by atoms with E-state index in [4.69, 9.17) is 18.9 Å². The molecule has 2 aliphatic rings. The first-order valence-electron chi connectivity index (χ1n) is 10.4. The van der Waals surface area contributed by atoms with Crippen LogP contribution in [0.25, 0.3) is 0 Å². The first-order valence-corrected chi connectivity index (χ1v) is 12.7. The predicted molar refractivity (Wildman–Crippen MR) is 116 cm³/mol. The lowest BCUT2D eigenvalue weighted by molar-refractivity contribution is -0.316. The number of rotatable bonds is 6. The van der Waals surface area contributed by atoms with Crippen LogP contribution < -0.4 is 0 Å². The van der Waals surface area contributed by atoms with Gasteiger partial charge in [-0.3, -0.25) is 8.98 Å². The van der Waals surface area contributed by atoms with Gasteiger partial charge in [0.2, 0.25) is 0 Å². The predicted octanol–water partition coefficient (Wildman–Crippen LogP) is 3.78. The average molecular weight is 535 g/mol. The quantitative estimate of drug-likeness (QED) is 0.312. The molecule has 3 unspecified atom stereocenters. The molecule has 2 aromatic carbocycles. The van der Waals surface area contributed by atoms with Crippen molar-refractivity contribution in [1.29, 1.82) is 0 Å². The van der Waals surface area contributed by atoms with E-state index < -0.39 is 57.7 Å². The van der Waals surface area contributed by atoms with Gasteiger partial charge in [-0.1, -0.05) is 60.3 Å². The second-order valence-corrected chi connectivity index (χ2v) is 10.4. The summed E-state index contributed by atoms with van der Waals surface area (Å²) in [7, 11) is -6.07. The SMILES string of the molecule is CC(=O)O[C@H]1C(OS(=O)(=O)C(F)(F)F)[C@H]2OC(c3ccccc3)OCC2O[C@H]1Sc1ccccc1. The van der Waals surface area contributed by atoms with Crippen molar-refractivity contribution in [3.8, 4) is 0 Å². The Bertz CT molecular complexity index is 1110. The van der Waals surface area contributed by atoms with Crippen LogP contribution in [0.1, 0.15) is 18.8 Å². The molecule has 0 saturated carbocycles. The summed E-state index contributed by atoms with van der Waals surface area (Å²) in [6.45, 7) is 0.915. The minimum Gasteiger partial charge on any atom is -0.456 e. The summed E-state index contributed by atoms with van der Waals surface area (Å²) in [4.78, 5) is 12.5. The van der Waals surface area contributed by atoms with Crippen molar-refractivity contribution >= 4 is 27.8 Å². The lowest BCUT2D eigenvalue weighted by atomic mass is 9.98. The van der Waals surface area contributed by atoms with E-state index in [0.717, 1.165) is 18.7 Å². The third-order valence-electron chi connectivity index (χ3n) is 5.17. The van der Waals surface area contributed by atoms with Crippen LogP contribution in [0.3, 0.4) is 0 Å². The van der Waals surface area contributed by atoms with Crippen molar-refractivity contribution in [3.63, 3.8) is 0 Å². The summed E-state index contributed by atoms with van der Waals surface area (Å²) in [5, 5.41) is 0. The highest BCUT2D eigenvalue weighted by atomic mass is 32.2. The van der Waals surface area contributed by atoms with E-state index in [1.807, 2.05) is 0 Å². The molecule has 0 amide bonds. The van der Waals surface area contributed by atoms with Gasteiger partial charge >= 0.3 is 21.6 Å². The lowest BCUT2D eigenvalue weighted by Crippen LogP contribution is -2.63. The molecule has 8 nitrogen and oxygen atoms in total. The summed E-state index contributed by atoms with van der Waals surface area (Å²) >= 11 is 1.04. The number of hydrogen-bond acceptors (Lipinski definition) is 9. The fourth-order valence-electron chi connectivity index (χ4n) is 3.68. The van der Waals surface area contributed by atoms with Crippen molar-refractivity contribution in [3.05, 3.63) is 66.2 Å². The first kappa shape index (κ1) is 25.9. The van der Waals surface area contributed by atoms with E-state index in [-0.39, 0.29) is 6.61 Å². The highest BCUT2D eigenvalue weighted by Gasteiger charge is 2.58. The number of halogens is 3. The number of fused-ring (bicyclic) bond motifs is 1. The van der Waals surface area contributed by atoms with E-state index in [0.29, 0.717) is 10.5 Å². The number of ether oxygens (including phenoxy) is 4. The van der Waals surface area contributed by atoms with Crippen LogP contribution in [0, 0.1) is 0 Å². The van der Waals surface area contributed by atoms with E-state index in [2.05, 4.69) is 4.18 Å². The summed E-state index contributed by atoms with van der Waals surface area (Å²) in [5.41, 5.74) is -6.27. The molecule has 0 aliphatic carbocycles. The number of carbonyl (C=O) groups excluding carboxylic acids is 1. The summed E-state index contributed by atoms with van der Waals surface area (Å²) in [6, 6.07) is 17.2. The fourth-order valence-corrected chi connectivity index (χ4v) is 5.43. The first-order chi connectivity index (χ1) is 16.5. The maximum atomic E-state index is 13.3. The molecule has 13 heteroatoms. The van der Waals surface area contributed by atoms with Gasteiger partial charge in [0.05, 0.1) is 6.61 Å². The van der Waals surface area contributed by atoms with Gasteiger partial charge in [-0.15, -0.1) is 0 Å². The molecule has 0 radical (unpaired) electrons. The summed E-state index contributed by atoms with van der Waals surface area (Å²) in [6.07, 6.45) is -6.80. The standard InChI is InChI=1S/C22H21F3O8S2/c1-13(26)30-19-18(33-35(27,28)22(23,24)25)17-16(31-21(19)34-15-10-6-3-7-11-15)12-29-20(32-17)14-8-4-2-5-9-14/h2-11,16-21H,12H2,1H3/t16?,17-,18?,19-,20?,21-/m0/s1. The molecule has 2 aromatic rings. The monoisotopic (exact) mass is 534 g/mol. The zero-order valence-electron chi connectivity index (χ0n) is 18.2. The Morgan fingerprint density at radius 1 is 1.00 bits per heavy atom. The molecule has 0 spiro atoms.